The molecule has 0 atom stereocenters. The Balaban J connectivity index is 1.95. The number of hydrogen-bond donors (Lipinski definition) is 1. The first kappa shape index (κ1) is 13.1. The van der Waals surface area contributed by atoms with E-state index >= 15 is 0 Å². The van der Waals surface area contributed by atoms with Gasteiger partial charge in [-0.05, 0) is 25.6 Å². The molecule has 0 radical (unpaired) electrons. The minimum Gasteiger partial charge on any atom is -0.338 e. The Morgan fingerprint density at radius 2 is 2.06 bits per heavy atom. The van der Waals surface area contributed by atoms with Crippen LogP contribution < -0.4 is 5.73 Å². The largest absolute Gasteiger partial charge is 0.338 e. The first-order chi connectivity index (χ1) is 8.79. The van der Waals surface area contributed by atoms with Crippen LogP contribution in [-0.2, 0) is 5.75 Å². The zero-order chi connectivity index (χ0) is 12.8. The molecule has 18 heavy (non-hydrogen) atoms. The molecule has 0 spiro atoms. The van der Waals surface area contributed by atoms with E-state index in [0.717, 1.165) is 30.0 Å². The number of hydrogen-bond acceptors (Lipinski definition) is 5. The van der Waals surface area contributed by atoms with Crippen molar-refractivity contribution in [3.8, 4) is 11.4 Å². The van der Waals surface area contributed by atoms with Crippen LogP contribution in [0.5, 0.6) is 0 Å². The van der Waals surface area contributed by atoms with Gasteiger partial charge in [-0.15, -0.1) is 0 Å². The zero-order valence-electron chi connectivity index (χ0n) is 10.4. The Hall–Kier alpha value is -1.33. The fourth-order valence-electron chi connectivity index (χ4n) is 1.48. The molecule has 0 unspecified atom stereocenters. The van der Waals surface area contributed by atoms with Gasteiger partial charge in [-0.3, -0.25) is 0 Å². The average molecular weight is 263 g/mol. The highest BCUT2D eigenvalue weighted by Crippen LogP contribution is 2.18. The van der Waals surface area contributed by atoms with Crippen LogP contribution in [0.3, 0.4) is 0 Å². The van der Waals surface area contributed by atoms with E-state index in [1.54, 1.807) is 11.8 Å². The molecule has 1 heterocycles. The Labute approximate surface area is 111 Å². The van der Waals surface area contributed by atoms with E-state index in [9.17, 15) is 0 Å². The van der Waals surface area contributed by atoms with Crippen molar-refractivity contribution in [2.24, 2.45) is 5.73 Å². The van der Waals surface area contributed by atoms with Crippen LogP contribution in [0, 0.1) is 6.92 Å². The second-order valence-electron chi connectivity index (χ2n) is 4.07. The molecule has 1 aromatic heterocycles. The van der Waals surface area contributed by atoms with Crippen molar-refractivity contribution in [2.45, 2.75) is 19.1 Å². The maximum atomic E-state index is 5.44. The first-order valence-electron chi connectivity index (χ1n) is 5.97. The lowest BCUT2D eigenvalue weighted by atomic mass is 10.1. The fraction of sp³-hybridized carbons (Fsp3) is 0.385. The number of thioether (sulfide) groups is 1. The molecule has 0 fully saturated rings. The molecule has 0 aliphatic heterocycles. The molecule has 2 rings (SSSR count). The van der Waals surface area contributed by atoms with E-state index < -0.39 is 0 Å². The average Bonchev–Trinajstić information content (AvgIpc) is 2.84. The van der Waals surface area contributed by atoms with Crippen molar-refractivity contribution < 1.29 is 4.52 Å². The van der Waals surface area contributed by atoms with Crippen molar-refractivity contribution in [2.75, 3.05) is 12.3 Å². The van der Waals surface area contributed by atoms with Crippen LogP contribution in [0.2, 0.25) is 0 Å². The molecular weight excluding hydrogens is 246 g/mol. The fourth-order valence-corrected chi connectivity index (χ4v) is 2.29. The van der Waals surface area contributed by atoms with Gasteiger partial charge in [0.1, 0.15) is 0 Å². The van der Waals surface area contributed by atoms with Gasteiger partial charge in [0, 0.05) is 5.56 Å². The molecular formula is C13H17N3OS. The molecule has 0 saturated carbocycles. The predicted octanol–water partition coefficient (Wildman–Crippen LogP) is 2.63. The van der Waals surface area contributed by atoms with Gasteiger partial charge in [-0.2, -0.15) is 16.7 Å². The van der Waals surface area contributed by atoms with Crippen LogP contribution in [0.25, 0.3) is 11.4 Å². The van der Waals surface area contributed by atoms with Gasteiger partial charge in [-0.25, -0.2) is 0 Å². The Morgan fingerprint density at radius 1 is 1.28 bits per heavy atom. The molecule has 0 amide bonds. The maximum Gasteiger partial charge on any atom is 0.236 e. The Kier molecular flexibility index (Phi) is 4.78. The van der Waals surface area contributed by atoms with E-state index in [-0.39, 0.29) is 0 Å². The molecule has 1 aromatic carbocycles. The monoisotopic (exact) mass is 263 g/mol. The van der Waals surface area contributed by atoms with Crippen LogP contribution >= 0.6 is 11.8 Å². The number of nitrogens with two attached hydrogens (primary N) is 1. The number of aryl methyl sites for hydroxylation is 1. The van der Waals surface area contributed by atoms with Gasteiger partial charge >= 0.3 is 0 Å². The van der Waals surface area contributed by atoms with Crippen LogP contribution in [-0.4, -0.2) is 22.4 Å². The highest BCUT2D eigenvalue weighted by atomic mass is 32.2. The molecule has 0 aliphatic rings. The smallest absolute Gasteiger partial charge is 0.236 e. The zero-order valence-corrected chi connectivity index (χ0v) is 11.2. The van der Waals surface area contributed by atoms with Gasteiger partial charge in [0.25, 0.3) is 0 Å². The molecule has 0 bridgehead atoms. The van der Waals surface area contributed by atoms with E-state index in [2.05, 4.69) is 17.1 Å². The molecule has 0 saturated heterocycles. The maximum absolute atomic E-state index is 5.44. The lowest BCUT2D eigenvalue weighted by Crippen LogP contribution is -1.99. The van der Waals surface area contributed by atoms with E-state index in [1.807, 2.05) is 24.3 Å². The summed E-state index contributed by atoms with van der Waals surface area (Å²) in [6, 6.07) is 8.10. The Morgan fingerprint density at radius 3 is 2.78 bits per heavy atom. The number of benzene rings is 1. The predicted molar refractivity (Wildman–Crippen MR) is 74.3 cm³/mol. The summed E-state index contributed by atoms with van der Waals surface area (Å²) in [5.74, 6) is 3.11. The highest BCUT2D eigenvalue weighted by Gasteiger charge is 2.07. The molecule has 0 aliphatic carbocycles. The third-order valence-electron chi connectivity index (χ3n) is 2.50. The molecule has 2 aromatic rings. The summed E-state index contributed by atoms with van der Waals surface area (Å²) in [6.45, 7) is 2.78. The highest BCUT2D eigenvalue weighted by molar-refractivity contribution is 7.98. The summed E-state index contributed by atoms with van der Waals surface area (Å²) in [6.07, 6.45) is 1.02. The van der Waals surface area contributed by atoms with Gasteiger partial charge in [-0.1, -0.05) is 35.0 Å². The van der Waals surface area contributed by atoms with Crippen molar-refractivity contribution in [1.29, 1.82) is 0 Å². The Bertz CT molecular complexity index is 481. The summed E-state index contributed by atoms with van der Waals surface area (Å²) in [7, 11) is 0. The third-order valence-corrected chi connectivity index (χ3v) is 3.52. The summed E-state index contributed by atoms with van der Waals surface area (Å²) >= 11 is 1.77. The molecule has 96 valence electrons. The number of aromatic nitrogens is 2. The second kappa shape index (κ2) is 6.56. The first-order valence-corrected chi connectivity index (χ1v) is 7.12. The summed E-state index contributed by atoms with van der Waals surface area (Å²) in [4.78, 5) is 4.38. The lowest BCUT2D eigenvalue weighted by molar-refractivity contribution is 0.391. The van der Waals surface area contributed by atoms with Crippen LogP contribution in [0.4, 0.5) is 0 Å². The quantitative estimate of drug-likeness (QED) is 0.812. The van der Waals surface area contributed by atoms with Crippen molar-refractivity contribution >= 4 is 11.8 Å². The molecule has 2 N–H and O–H groups in total. The summed E-state index contributed by atoms with van der Waals surface area (Å²) < 4.78 is 5.22. The number of rotatable bonds is 6. The third kappa shape index (κ3) is 3.58. The second-order valence-corrected chi connectivity index (χ2v) is 5.18. The standard InChI is InChI=1S/C13H17N3OS/c1-10-3-5-11(6-4-10)13-15-12(17-16-13)9-18-8-2-7-14/h3-6H,2,7-9,14H2,1H3. The van der Waals surface area contributed by atoms with Gasteiger partial charge in [0.05, 0.1) is 5.75 Å². The van der Waals surface area contributed by atoms with E-state index in [4.69, 9.17) is 10.3 Å². The van der Waals surface area contributed by atoms with E-state index in [0.29, 0.717) is 11.7 Å². The normalized spacial score (nSPS) is 10.8. The van der Waals surface area contributed by atoms with Crippen molar-refractivity contribution in [1.82, 2.24) is 10.1 Å². The van der Waals surface area contributed by atoms with Gasteiger partial charge < -0.3 is 10.3 Å². The van der Waals surface area contributed by atoms with Gasteiger partial charge in [0.15, 0.2) is 0 Å². The molecule has 5 heteroatoms. The SMILES string of the molecule is Cc1ccc(-c2noc(CSCCCN)n2)cc1. The lowest BCUT2D eigenvalue weighted by Gasteiger charge is -1.95. The van der Waals surface area contributed by atoms with Crippen molar-refractivity contribution in [3.63, 3.8) is 0 Å². The molecule has 4 nitrogen and oxygen atoms in total. The number of nitrogens with zero attached hydrogens (tertiary/aromatic N) is 2. The van der Waals surface area contributed by atoms with Crippen molar-refractivity contribution in [3.05, 3.63) is 35.7 Å². The summed E-state index contributed by atoms with van der Waals surface area (Å²) in [5, 5.41) is 3.99. The topological polar surface area (TPSA) is 64.9 Å². The van der Waals surface area contributed by atoms with Gasteiger partial charge in [0.2, 0.25) is 11.7 Å². The van der Waals surface area contributed by atoms with Crippen LogP contribution in [0.1, 0.15) is 17.9 Å². The van der Waals surface area contributed by atoms with E-state index in [1.165, 1.54) is 5.56 Å². The minimum absolute atomic E-state index is 0.657. The summed E-state index contributed by atoms with van der Waals surface area (Å²) in [5.41, 5.74) is 7.65. The minimum atomic E-state index is 0.657. The van der Waals surface area contributed by atoms with Crippen LogP contribution in [0.15, 0.2) is 28.8 Å².